The fourth-order valence-corrected chi connectivity index (χ4v) is 4.44. The van der Waals surface area contributed by atoms with E-state index in [0.29, 0.717) is 5.92 Å². The van der Waals surface area contributed by atoms with E-state index in [1.54, 1.807) is 11.3 Å². The quantitative estimate of drug-likeness (QED) is 0.856. The lowest BCUT2D eigenvalue weighted by Gasteiger charge is -2.31. The number of aryl methyl sites for hydroxylation is 2. The number of hydrogen-bond donors (Lipinski definition) is 0. The summed E-state index contributed by atoms with van der Waals surface area (Å²) in [5.74, 6) is 2.93. The number of carbonyl (C=O) groups is 1. The van der Waals surface area contributed by atoms with Crippen LogP contribution in [-0.4, -0.2) is 38.7 Å². The molecule has 0 atom stereocenters. The van der Waals surface area contributed by atoms with Gasteiger partial charge in [-0.3, -0.25) is 4.79 Å². The first-order chi connectivity index (χ1) is 10.7. The third-order valence-electron chi connectivity index (χ3n) is 4.84. The van der Waals surface area contributed by atoms with Crippen molar-refractivity contribution in [3.8, 4) is 0 Å². The van der Waals surface area contributed by atoms with Crippen LogP contribution in [0.3, 0.4) is 0 Å². The number of piperidine rings is 1. The van der Waals surface area contributed by atoms with Gasteiger partial charge in [-0.25, -0.2) is 0 Å². The van der Waals surface area contributed by atoms with Gasteiger partial charge in [-0.05, 0) is 43.2 Å². The summed E-state index contributed by atoms with van der Waals surface area (Å²) in [6, 6.07) is 2.02. The van der Waals surface area contributed by atoms with Crippen molar-refractivity contribution < 1.29 is 4.79 Å². The van der Waals surface area contributed by atoms with Gasteiger partial charge in [0.2, 0.25) is 0 Å². The minimum Gasteiger partial charge on any atom is -0.338 e. The van der Waals surface area contributed by atoms with Gasteiger partial charge in [0.05, 0.1) is 4.88 Å². The average molecular weight is 316 g/mol. The Morgan fingerprint density at radius 2 is 2.09 bits per heavy atom. The predicted octanol–water partition coefficient (Wildman–Crippen LogP) is 2.61. The first-order valence-corrected chi connectivity index (χ1v) is 8.87. The molecule has 0 saturated carbocycles. The maximum Gasteiger partial charge on any atom is 0.264 e. The highest BCUT2D eigenvalue weighted by Gasteiger charge is 2.30. The van der Waals surface area contributed by atoms with Gasteiger partial charge in [0, 0.05) is 32.0 Å². The van der Waals surface area contributed by atoms with Gasteiger partial charge in [0.15, 0.2) is 0 Å². The summed E-state index contributed by atoms with van der Waals surface area (Å²) >= 11 is 1.55. The zero-order valence-corrected chi connectivity index (χ0v) is 13.6. The van der Waals surface area contributed by atoms with Crippen molar-refractivity contribution in [2.75, 3.05) is 13.1 Å². The molecule has 6 heteroatoms. The number of likely N-dealkylation sites (tertiary alicyclic amines) is 1. The molecule has 1 amide bonds. The van der Waals surface area contributed by atoms with E-state index in [1.165, 1.54) is 6.42 Å². The molecule has 22 heavy (non-hydrogen) atoms. The van der Waals surface area contributed by atoms with Crippen LogP contribution in [0.5, 0.6) is 0 Å². The highest BCUT2D eigenvalue weighted by Crippen LogP contribution is 2.30. The first-order valence-electron chi connectivity index (χ1n) is 7.99. The van der Waals surface area contributed by atoms with Gasteiger partial charge in [-0.2, -0.15) is 0 Å². The summed E-state index contributed by atoms with van der Waals surface area (Å²) in [5.41, 5.74) is 1.09. The lowest BCUT2D eigenvalue weighted by atomic mass is 9.95. The second-order valence-electron chi connectivity index (χ2n) is 6.23. The summed E-state index contributed by atoms with van der Waals surface area (Å²) in [4.78, 5) is 15.5. The van der Waals surface area contributed by atoms with Gasteiger partial charge in [0.1, 0.15) is 11.6 Å². The molecular formula is C16H20N4OS. The zero-order chi connectivity index (χ0) is 15.1. The molecular weight excluding hydrogens is 296 g/mol. The molecule has 1 fully saturated rings. The summed E-state index contributed by atoms with van der Waals surface area (Å²) in [5, 5.41) is 10.7. The number of carbonyl (C=O) groups excluding carboxylic acids is 1. The fraction of sp³-hybridized carbons (Fsp3) is 0.562. The number of aromatic nitrogens is 3. The van der Waals surface area contributed by atoms with Crippen molar-refractivity contribution in [3.05, 3.63) is 33.5 Å². The molecule has 2 aromatic heterocycles. The highest BCUT2D eigenvalue weighted by atomic mass is 32.1. The minimum absolute atomic E-state index is 0.192. The van der Waals surface area contributed by atoms with E-state index in [1.807, 2.05) is 23.3 Å². The molecule has 0 unspecified atom stereocenters. The van der Waals surface area contributed by atoms with Crippen LogP contribution >= 0.6 is 11.3 Å². The van der Waals surface area contributed by atoms with Gasteiger partial charge in [-0.15, -0.1) is 21.5 Å². The normalized spacial score (nSPS) is 18.7. The summed E-state index contributed by atoms with van der Waals surface area (Å²) in [6.07, 6.45) is 4.23. The van der Waals surface area contributed by atoms with Crippen molar-refractivity contribution in [3.63, 3.8) is 0 Å². The second-order valence-corrected chi connectivity index (χ2v) is 7.14. The number of fused-ring (bicyclic) bond motifs is 1. The average Bonchev–Trinajstić information content (AvgIpc) is 3.23. The molecule has 5 nitrogen and oxygen atoms in total. The molecule has 4 rings (SSSR count). The van der Waals surface area contributed by atoms with Crippen molar-refractivity contribution in [1.82, 2.24) is 19.7 Å². The Labute approximate surface area is 134 Å². The van der Waals surface area contributed by atoms with Gasteiger partial charge >= 0.3 is 0 Å². The molecule has 116 valence electrons. The van der Waals surface area contributed by atoms with E-state index in [9.17, 15) is 4.79 Å². The molecule has 2 aromatic rings. The van der Waals surface area contributed by atoms with E-state index >= 15 is 0 Å². The predicted molar refractivity (Wildman–Crippen MR) is 85.3 cm³/mol. The molecule has 4 heterocycles. The molecule has 2 aliphatic heterocycles. The minimum atomic E-state index is 0.192. The Hall–Kier alpha value is -1.69. The van der Waals surface area contributed by atoms with Crippen LogP contribution < -0.4 is 0 Å². The van der Waals surface area contributed by atoms with Crippen LogP contribution in [0.25, 0.3) is 0 Å². The van der Waals surface area contributed by atoms with E-state index in [0.717, 1.165) is 61.0 Å². The molecule has 0 radical (unpaired) electrons. The summed E-state index contributed by atoms with van der Waals surface area (Å²) in [6.45, 7) is 4.72. The number of rotatable bonds is 2. The first kappa shape index (κ1) is 13.9. The van der Waals surface area contributed by atoms with E-state index in [4.69, 9.17) is 0 Å². The third kappa shape index (κ3) is 2.26. The van der Waals surface area contributed by atoms with Crippen LogP contribution in [0, 0.1) is 6.92 Å². The lowest BCUT2D eigenvalue weighted by Crippen LogP contribution is -2.38. The van der Waals surface area contributed by atoms with Crippen molar-refractivity contribution in [1.29, 1.82) is 0 Å². The van der Waals surface area contributed by atoms with Crippen molar-refractivity contribution in [2.45, 2.75) is 45.1 Å². The summed E-state index contributed by atoms with van der Waals surface area (Å²) < 4.78 is 2.30. The van der Waals surface area contributed by atoms with Crippen LogP contribution in [-0.2, 0) is 13.0 Å². The molecule has 2 aliphatic rings. The van der Waals surface area contributed by atoms with Gasteiger partial charge in [0.25, 0.3) is 5.91 Å². The third-order valence-corrected chi connectivity index (χ3v) is 5.85. The van der Waals surface area contributed by atoms with E-state index < -0.39 is 0 Å². The topological polar surface area (TPSA) is 51.0 Å². The number of amides is 1. The molecule has 0 bridgehead atoms. The largest absolute Gasteiger partial charge is 0.338 e. The monoisotopic (exact) mass is 316 g/mol. The molecule has 0 spiro atoms. The molecule has 0 aliphatic carbocycles. The van der Waals surface area contributed by atoms with Crippen molar-refractivity contribution >= 4 is 17.2 Å². The lowest BCUT2D eigenvalue weighted by molar-refractivity contribution is 0.0714. The Bertz CT molecular complexity index is 697. The summed E-state index contributed by atoms with van der Waals surface area (Å²) in [7, 11) is 0. The number of thiophene rings is 1. The smallest absolute Gasteiger partial charge is 0.264 e. The van der Waals surface area contributed by atoms with Crippen molar-refractivity contribution in [2.24, 2.45) is 0 Å². The standard InChI is InChI=1S/C16H20N4OS/c1-11-6-10-22-14(11)16(21)19-8-4-12(5-9-19)15-18-17-13-3-2-7-20(13)15/h6,10,12H,2-5,7-9H2,1H3. The van der Waals surface area contributed by atoms with Gasteiger partial charge in [-0.1, -0.05) is 0 Å². The van der Waals surface area contributed by atoms with Crippen LogP contribution in [0.2, 0.25) is 0 Å². The van der Waals surface area contributed by atoms with Gasteiger partial charge < -0.3 is 9.47 Å². The number of hydrogen-bond acceptors (Lipinski definition) is 4. The Morgan fingerprint density at radius 1 is 1.27 bits per heavy atom. The SMILES string of the molecule is Cc1ccsc1C(=O)N1CCC(c2nnc3n2CCC3)CC1. The molecule has 1 saturated heterocycles. The van der Waals surface area contributed by atoms with Crippen LogP contribution in [0.1, 0.15) is 52.1 Å². The maximum absolute atomic E-state index is 12.6. The van der Waals surface area contributed by atoms with E-state index in [-0.39, 0.29) is 5.91 Å². The Kier molecular flexibility index (Phi) is 3.48. The highest BCUT2D eigenvalue weighted by molar-refractivity contribution is 7.12. The number of nitrogens with zero attached hydrogens (tertiary/aromatic N) is 4. The fourth-order valence-electron chi connectivity index (χ4n) is 3.55. The van der Waals surface area contributed by atoms with Crippen LogP contribution in [0.4, 0.5) is 0 Å². The molecule has 0 aromatic carbocycles. The Morgan fingerprint density at radius 3 is 2.82 bits per heavy atom. The second kappa shape index (κ2) is 5.50. The van der Waals surface area contributed by atoms with Crippen LogP contribution in [0.15, 0.2) is 11.4 Å². The Balaban J connectivity index is 1.44. The maximum atomic E-state index is 12.6. The molecule has 0 N–H and O–H groups in total. The van der Waals surface area contributed by atoms with E-state index in [2.05, 4.69) is 14.8 Å². The zero-order valence-electron chi connectivity index (χ0n) is 12.8.